The first-order valence-electron chi connectivity index (χ1n) is 8.09. The van der Waals surface area contributed by atoms with Gasteiger partial charge in [0.1, 0.15) is 6.17 Å². The van der Waals surface area contributed by atoms with Crippen LogP contribution in [0.2, 0.25) is 0 Å². The van der Waals surface area contributed by atoms with Gasteiger partial charge in [0.15, 0.2) is 0 Å². The molecule has 1 aliphatic heterocycles. The molecule has 0 N–H and O–H groups in total. The van der Waals surface area contributed by atoms with Gasteiger partial charge in [0.2, 0.25) is 0 Å². The molecule has 1 atom stereocenters. The molecule has 126 valence electrons. The zero-order valence-corrected chi connectivity index (χ0v) is 15.6. The van der Waals surface area contributed by atoms with Gasteiger partial charge in [0.25, 0.3) is 5.91 Å². The van der Waals surface area contributed by atoms with Gasteiger partial charge in [0, 0.05) is 42.2 Å². The van der Waals surface area contributed by atoms with Gasteiger partial charge in [-0.15, -0.1) is 0 Å². The van der Waals surface area contributed by atoms with Crippen LogP contribution in [0, 0.1) is 0 Å². The van der Waals surface area contributed by atoms with E-state index in [2.05, 4.69) is 49.8 Å². The van der Waals surface area contributed by atoms with Crippen molar-refractivity contribution in [3.63, 3.8) is 0 Å². The molecule has 25 heavy (non-hydrogen) atoms. The zero-order chi connectivity index (χ0) is 17.6. The van der Waals surface area contributed by atoms with Gasteiger partial charge in [-0.05, 0) is 42.5 Å². The van der Waals surface area contributed by atoms with Gasteiger partial charge in [-0.3, -0.25) is 4.79 Å². The average molecular weight is 396 g/mol. The summed E-state index contributed by atoms with van der Waals surface area (Å²) < 4.78 is 3.13. The van der Waals surface area contributed by atoms with Gasteiger partial charge < -0.3 is 14.4 Å². The van der Waals surface area contributed by atoms with E-state index in [0.29, 0.717) is 0 Å². The van der Waals surface area contributed by atoms with Crippen molar-refractivity contribution in [3.05, 3.63) is 82.6 Å². The lowest BCUT2D eigenvalue weighted by Gasteiger charge is -2.41. The van der Waals surface area contributed by atoms with Crippen molar-refractivity contribution in [2.24, 2.45) is 0 Å². The molecule has 1 aliphatic rings. The molecule has 2 heterocycles. The summed E-state index contributed by atoms with van der Waals surface area (Å²) in [5.74, 6) is 0.0510. The summed E-state index contributed by atoms with van der Waals surface area (Å²) in [5.41, 5.74) is 3.88. The van der Waals surface area contributed by atoms with Crippen LogP contribution >= 0.6 is 15.9 Å². The molecule has 5 heteroatoms. The second-order valence-corrected chi connectivity index (χ2v) is 7.16. The lowest BCUT2D eigenvalue weighted by Crippen LogP contribution is -2.45. The topological polar surface area (TPSA) is 28.5 Å². The molecule has 1 unspecified atom stereocenters. The van der Waals surface area contributed by atoms with Crippen molar-refractivity contribution < 1.29 is 4.79 Å². The molecule has 4 nitrogen and oxygen atoms in total. The van der Waals surface area contributed by atoms with Gasteiger partial charge in [0.05, 0.1) is 11.3 Å². The highest BCUT2D eigenvalue weighted by Gasteiger charge is 2.34. The van der Waals surface area contributed by atoms with Crippen molar-refractivity contribution in [3.8, 4) is 5.69 Å². The Morgan fingerprint density at radius 2 is 1.64 bits per heavy atom. The number of carbonyl (C=O) groups excluding carboxylic acids is 1. The third kappa shape index (κ3) is 2.65. The number of hydrogen-bond donors (Lipinski definition) is 0. The first-order chi connectivity index (χ1) is 12.1. The molecule has 0 fully saturated rings. The van der Waals surface area contributed by atoms with E-state index in [1.54, 1.807) is 4.90 Å². The normalized spacial score (nSPS) is 16.9. The molecular weight excluding hydrogens is 378 g/mol. The van der Waals surface area contributed by atoms with Gasteiger partial charge in [-0.25, -0.2) is 0 Å². The van der Waals surface area contributed by atoms with E-state index in [9.17, 15) is 4.79 Å². The number of aromatic nitrogens is 1. The third-order valence-corrected chi connectivity index (χ3v) is 5.24. The number of benzene rings is 2. The minimum absolute atomic E-state index is 0.0510. The van der Waals surface area contributed by atoms with Gasteiger partial charge in [-0.1, -0.05) is 28.1 Å². The number of anilines is 1. The Labute approximate surface area is 155 Å². The number of amides is 1. The number of para-hydroxylation sites is 1. The van der Waals surface area contributed by atoms with Crippen LogP contribution in [0.25, 0.3) is 5.69 Å². The van der Waals surface area contributed by atoms with Crippen molar-refractivity contribution in [1.29, 1.82) is 0 Å². The van der Waals surface area contributed by atoms with Crippen LogP contribution < -0.4 is 4.90 Å². The molecule has 0 bridgehead atoms. The van der Waals surface area contributed by atoms with Crippen molar-refractivity contribution in [1.82, 2.24) is 9.47 Å². The van der Waals surface area contributed by atoms with Crippen LogP contribution in [-0.2, 0) is 0 Å². The summed E-state index contributed by atoms with van der Waals surface area (Å²) in [6.07, 6.45) is 3.99. The molecule has 3 aromatic rings. The highest BCUT2D eigenvalue weighted by molar-refractivity contribution is 9.10. The van der Waals surface area contributed by atoms with Gasteiger partial charge >= 0.3 is 0 Å². The van der Waals surface area contributed by atoms with Crippen LogP contribution in [0.15, 0.2) is 71.5 Å². The standard InChI is InChI=1S/C20H18BrN3O/c1-22-18-6-4-3-5-17(18)20(25)23(2)19(22)14-11-12-24(13-14)16-9-7-15(21)8-10-16/h3-13,19H,1-2H3. The Bertz CT molecular complexity index is 932. The maximum absolute atomic E-state index is 12.7. The predicted molar refractivity (Wildman–Crippen MR) is 103 cm³/mol. The number of fused-ring (bicyclic) bond motifs is 1. The lowest BCUT2D eigenvalue weighted by molar-refractivity contribution is 0.0711. The highest BCUT2D eigenvalue weighted by Crippen LogP contribution is 2.36. The van der Waals surface area contributed by atoms with Crippen LogP contribution in [0.4, 0.5) is 5.69 Å². The van der Waals surface area contributed by atoms with Crippen molar-refractivity contribution in [2.45, 2.75) is 6.17 Å². The molecule has 0 radical (unpaired) electrons. The monoisotopic (exact) mass is 395 g/mol. The van der Waals surface area contributed by atoms with E-state index in [4.69, 9.17) is 0 Å². The van der Waals surface area contributed by atoms with Gasteiger partial charge in [-0.2, -0.15) is 0 Å². The minimum atomic E-state index is -0.126. The number of nitrogens with zero attached hydrogens (tertiary/aromatic N) is 3. The van der Waals surface area contributed by atoms with Crippen LogP contribution in [0.1, 0.15) is 22.1 Å². The Morgan fingerprint density at radius 3 is 2.40 bits per heavy atom. The van der Waals surface area contributed by atoms with E-state index in [-0.39, 0.29) is 12.1 Å². The van der Waals surface area contributed by atoms with E-state index in [0.717, 1.165) is 27.0 Å². The maximum atomic E-state index is 12.7. The number of hydrogen-bond acceptors (Lipinski definition) is 2. The first-order valence-corrected chi connectivity index (χ1v) is 8.88. The fourth-order valence-corrected chi connectivity index (χ4v) is 3.71. The number of halogens is 1. The molecule has 4 rings (SSSR count). The first kappa shape index (κ1) is 16.0. The van der Waals surface area contributed by atoms with E-state index in [1.165, 1.54) is 0 Å². The number of carbonyl (C=O) groups is 1. The Morgan fingerprint density at radius 1 is 0.920 bits per heavy atom. The highest BCUT2D eigenvalue weighted by atomic mass is 79.9. The molecule has 1 amide bonds. The third-order valence-electron chi connectivity index (χ3n) is 4.71. The Balaban J connectivity index is 1.73. The van der Waals surface area contributed by atoms with E-state index in [1.807, 2.05) is 56.7 Å². The largest absolute Gasteiger partial charge is 0.350 e. The molecule has 0 saturated carbocycles. The quantitative estimate of drug-likeness (QED) is 0.640. The molecular formula is C20H18BrN3O. The molecule has 0 saturated heterocycles. The maximum Gasteiger partial charge on any atom is 0.257 e. The molecule has 0 aliphatic carbocycles. The number of rotatable bonds is 2. The second-order valence-electron chi connectivity index (χ2n) is 6.25. The molecule has 2 aromatic carbocycles. The summed E-state index contributed by atoms with van der Waals surface area (Å²) in [6, 6.07) is 18.0. The molecule has 0 spiro atoms. The Kier molecular flexibility index (Phi) is 3.88. The summed E-state index contributed by atoms with van der Waals surface area (Å²) in [6.45, 7) is 0. The van der Waals surface area contributed by atoms with E-state index >= 15 is 0 Å². The lowest BCUT2D eigenvalue weighted by atomic mass is 10.0. The smallest absolute Gasteiger partial charge is 0.257 e. The summed E-state index contributed by atoms with van der Waals surface area (Å²) in [7, 11) is 3.89. The summed E-state index contributed by atoms with van der Waals surface area (Å²) >= 11 is 3.46. The zero-order valence-electron chi connectivity index (χ0n) is 14.1. The summed E-state index contributed by atoms with van der Waals surface area (Å²) in [4.78, 5) is 16.7. The van der Waals surface area contributed by atoms with Crippen LogP contribution in [0.3, 0.4) is 0 Å². The Hall–Kier alpha value is -2.53. The second kappa shape index (κ2) is 6.08. The average Bonchev–Trinajstić information content (AvgIpc) is 3.10. The SMILES string of the molecule is CN1C(=O)c2ccccc2N(C)C1c1ccn(-c2ccc(Br)cc2)c1. The minimum Gasteiger partial charge on any atom is -0.350 e. The fraction of sp³-hybridized carbons (Fsp3) is 0.150. The molecule has 1 aromatic heterocycles. The van der Waals surface area contributed by atoms with Crippen LogP contribution in [-0.4, -0.2) is 29.5 Å². The van der Waals surface area contributed by atoms with E-state index < -0.39 is 0 Å². The fourth-order valence-electron chi connectivity index (χ4n) is 3.44. The van der Waals surface area contributed by atoms with Crippen molar-refractivity contribution in [2.75, 3.05) is 19.0 Å². The van der Waals surface area contributed by atoms with Crippen molar-refractivity contribution >= 4 is 27.5 Å². The van der Waals surface area contributed by atoms with Crippen LogP contribution in [0.5, 0.6) is 0 Å². The summed E-state index contributed by atoms with van der Waals surface area (Å²) in [5, 5.41) is 0. The predicted octanol–water partition coefficient (Wildman–Crippen LogP) is 4.46.